The van der Waals surface area contributed by atoms with Gasteiger partial charge in [-0.05, 0) is 36.6 Å². The van der Waals surface area contributed by atoms with E-state index >= 15 is 0 Å². The smallest absolute Gasteiger partial charge is 0.226 e. The van der Waals surface area contributed by atoms with Crippen molar-refractivity contribution < 1.29 is 9.53 Å². The fourth-order valence-electron chi connectivity index (χ4n) is 2.55. The van der Waals surface area contributed by atoms with Crippen LogP contribution in [0.3, 0.4) is 0 Å². The van der Waals surface area contributed by atoms with Crippen molar-refractivity contribution in [3.05, 3.63) is 64.5 Å². The second kappa shape index (κ2) is 9.53. The average Bonchev–Trinajstić information content (AvgIpc) is 3.14. The lowest BCUT2D eigenvalue weighted by Crippen LogP contribution is -2.12. The van der Waals surface area contributed by atoms with Gasteiger partial charge in [-0.15, -0.1) is 11.3 Å². The summed E-state index contributed by atoms with van der Waals surface area (Å²) in [6.45, 7) is 2.62. The summed E-state index contributed by atoms with van der Waals surface area (Å²) in [6, 6.07) is 15.6. The first kappa shape index (κ1) is 19.4. The quantitative estimate of drug-likeness (QED) is 0.484. The zero-order valence-electron chi connectivity index (χ0n) is 15.1. The molecule has 140 valence electrons. The molecule has 3 rings (SSSR count). The van der Waals surface area contributed by atoms with Crippen molar-refractivity contribution in [2.45, 2.75) is 26.2 Å². The largest absolute Gasteiger partial charge is 0.494 e. The van der Waals surface area contributed by atoms with Gasteiger partial charge in [-0.25, -0.2) is 4.98 Å². The van der Waals surface area contributed by atoms with E-state index in [2.05, 4.69) is 29.4 Å². The van der Waals surface area contributed by atoms with Crippen LogP contribution in [0.1, 0.15) is 25.3 Å². The Hall–Kier alpha value is -2.37. The summed E-state index contributed by atoms with van der Waals surface area (Å²) in [4.78, 5) is 16.5. The number of nitrogens with zero attached hydrogens (tertiary/aromatic N) is 1. The average molecular weight is 401 g/mol. The van der Waals surface area contributed by atoms with Gasteiger partial charge in [-0.1, -0.05) is 48.9 Å². The Kier molecular flexibility index (Phi) is 6.85. The summed E-state index contributed by atoms with van der Waals surface area (Å²) in [5, 5.41) is 5.94. The number of carbonyl (C=O) groups is 1. The minimum Gasteiger partial charge on any atom is -0.494 e. The normalized spacial score (nSPS) is 10.6. The number of ether oxygens (including phenoxy) is 1. The highest BCUT2D eigenvalue weighted by molar-refractivity contribution is 7.14. The van der Waals surface area contributed by atoms with E-state index in [9.17, 15) is 4.79 Å². The molecular weight excluding hydrogens is 380 g/mol. The Bertz CT molecular complexity index is 893. The maximum Gasteiger partial charge on any atom is 0.226 e. The molecule has 4 nitrogen and oxygen atoms in total. The standard InChI is InChI=1S/C21H21ClN2O2S/c1-2-15-9-11-16(12-10-15)26-13-5-8-20(25)24-21-23-19(14-27-21)17-6-3-4-7-18(17)22/h3-4,6-7,9-12,14H,2,5,8,13H2,1H3,(H,23,24,25). The summed E-state index contributed by atoms with van der Waals surface area (Å²) in [7, 11) is 0. The van der Waals surface area contributed by atoms with Gasteiger partial charge in [-0.3, -0.25) is 4.79 Å². The number of hydrogen-bond donors (Lipinski definition) is 1. The van der Waals surface area contributed by atoms with Crippen LogP contribution < -0.4 is 10.1 Å². The SMILES string of the molecule is CCc1ccc(OCCCC(=O)Nc2nc(-c3ccccc3Cl)cs2)cc1. The highest BCUT2D eigenvalue weighted by Crippen LogP contribution is 2.30. The first-order chi connectivity index (χ1) is 13.2. The van der Waals surface area contributed by atoms with Crippen molar-refractivity contribution in [2.24, 2.45) is 0 Å². The third-order valence-electron chi connectivity index (χ3n) is 4.05. The van der Waals surface area contributed by atoms with E-state index in [1.165, 1.54) is 16.9 Å². The molecule has 0 saturated carbocycles. The maximum absolute atomic E-state index is 12.1. The molecule has 0 atom stereocenters. The van der Waals surface area contributed by atoms with Gasteiger partial charge in [-0.2, -0.15) is 0 Å². The summed E-state index contributed by atoms with van der Waals surface area (Å²) in [6.07, 6.45) is 2.04. The highest BCUT2D eigenvalue weighted by Gasteiger charge is 2.10. The fourth-order valence-corrected chi connectivity index (χ4v) is 3.51. The van der Waals surface area contributed by atoms with Crippen LogP contribution in [-0.2, 0) is 11.2 Å². The molecule has 1 amide bonds. The van der Waals surface area contributed by atoms with Gasteiger partial charge in [0.2, 0.25) is 5.91 Å². The predicted molar refractivity (Wildman–Crippen MR) is 112 cm³/mol. The monoisotopic (exact) mass is 400 g/mol. The number of rotatable bonds is 8. The first-order valence-corrected chi connectivity index (χ1v) is 10.1. The van der Waals surface area contributed by atoms with Crippen molar-refractivity contribution in [3.8, 4) is 17.0 Å². The van der Waals surface area contributed by atoms with E-state index in [4.69, 9.17) is 16.3 Å². The van der Waals surface area contributed by atoms with Crippen molar-refractivity contribution in [3.63, 3.8) is 0 Å². The second-order valence-electron chi connectivity index (χ2n) is 6.02. The summed E-state index contributed by atoms with van der Waals surface area (Å²) >= 11 is 7.58. The van der Waals surface area contributed by atoms with Gasteiger partial charge in [0, 0.05) is 22.4 Å². The van der Waals surface area contributed by atoms with Crippen LogP contribution in [0.15, 0.2) is 53.9 Å². The Morgan fingerprint density at radius 2 is 1.96 bits per heavy atom. The lowest BCUT2D eigenvalue weighted by Gasteiger charge is -2.06. The van der Waals surface area contributed by atoms with Crippen LogP contribution in [0, 0.1) is 0 Å². The third-order valence-corrected chi connectivity index (χ3v) is 5.14. The number of anilines is 1. The summed E-state index contributed by atoms with van der Waals surface area (Å²) in [5.41, 5.74) is 2.90. The first-order valence-electron chi connectivity index (χ1n) is 8.87. The van der Waals surface area contributed by atoms with E-state index in [0.717, 1.165) is 23.4 Å². The van der Waals surface area contributed by atoms with E-state index in [0.29, 0.717) is 29.6 Å². The minimum atomic E-state index is -0.0695. The van der Waals surface area contributed by atoms with Gasteiger partial charge in [0.15, 0.2) is 5.13 Å². The van der Waals surface area contributed by atoms with Crippen molar-refractivity contribution >= 4 is 34.0 Å². The maximum atomic E-state index is 12.1. The molecule has 0 unspecified atom stereocenters. The predicted octanol–water partition coefficient (Wildman–Crippen LogP) is 5.82. The van der Waals surface area contributed by atoms with Crippen LogP contribution in [-0.4, -0.2) is 17.5 Å². The van der Waals surface area contributed by atoms with Crippen molar-refractivity contribution in [1.29, 1.82) is 0 Å². The van der Waals surface area contributed by atoms with Gasteiger partial charge < -0.3 is 10.1 Å². The number of aryl methyl sites for hydroxylation is 1. The lowest BCUT2D eigenvalue weighted by molar-refractivity contribution is -0.116. The molecule has 0 spiro atoms. The summed E-state index contributed by atoms with van der Waals surface area (Å²) in [5.74, 6) is 0.761. The molecule has 6 heteroatoms. The third kappa shape index (κ3) is 5.55. The fraction of sp³-hybridized carbons (Fsp3) is 0.238. The van der Waals surface area contributed by atoms with Gasteiger partial charge in [0.05, 0.1) is 12.3 Å². The van der Waals surface area contributed by atoms with Gasteiger partial charge in [0.25, 0.3) is 0 Å². The molecule has 0 aliphatic carbocycles. The molecule has 0 radical (unpaired) electrons. The van der Waals surface area contributed by atoms with Crippen molar-refractivity contribution in [2.75, 3.05) is 11.9 Å². The number of benzene rings is 2. The molecule has 27 heavy (non-hydrogen) atoms. The Labute approximate surface area is 168 Å². The summed E-state index contributed by atoms with van der Waals surface area (Å²) < 4.78 is 5.67. The number of halogens is 1. The molecule has 1 aromatic heterocycles. The van der Waals surface area contributed by atoms with Gasteiger partial charge in [0.1, 0.15) is 5.75 Å². The van der Waals surface area contributed by atoms with E-state index in [1.807, 2.05) is 41.8 Å². The number of hydrogen-bond acceptors (Lipinski definition) is 4. The Balaban J connectivity index is 1.43. The minimum absolute atomic E-state index is 0.0695. The second-order valence-corrected chi connectivity index (χ2v) is 7.28. The van der Waals surface area contributed by atoms with E-state index in [1.54, 1.807) is 0 Å². The number of aromatic nitrogens is 1. The zero-order chi connectivity index (χ0) is 19.1. The molecular formula is C21H21ClN2O2S. The number of amides is 1. The highest BCUT2D eigenvalue weighted by atomic mass is 35.5. The van der Waals surface area contributed by atoms with Gasteiger partial charge >= 0.3 is 0 Å². The molecule has 0 fully saturated rings. The number of thiazole rings is 1. The van der Waals surface area contributed by atoms with Crippen LogP contribution in [0.5, 0.6) is 5.75 Å². The molecule has 1 heterocycles. The number of carbonyl (C=O) groups excluding carboxylic acids is 1. The van der Waals surface area contributed by atoms with Crippen LogP contribution in [0.4, 0.5) is 5.13 Å². The van der Waals surface area contributed by atoms with Crippen molar-refractivity contribution in [1.82, 2.24) is 4.98 Å². The molecule has 1 N–H and O–H groups in total. The number of nitrogens with one attached hydrogen (secondary N) is 1. The van der Waals surface area contributed by atoms with E-state index < -0.39 is 0 Å². The Morgan fingerprint density at radius 3 is 2.70 bits per heavy atom. The lowest BCUT2D eigenvalue weighted by atomic mass is 10.2. The van der Waals surface area contributed by atoms with Crippen LogP contribution >= 0.6 is 22.9 Å². The Morgan fingerprint density at radius 1 is 1.19 bits per heavy atom. The van der Waals surface area contributed by atoms with Crippen LogP contribution in [0.25, 0.3) is 11.3 Å². The molecule has 0 bridgehead atoms. The van der Waals surface area contributed by atoms with E-state index in [-0.39, 0.29) is 5.91 Å². The molecule has 0 aliphatic rings. The molecule has 0 saturated heterocycles. The molecule has 3 aromatic rings. The molecule has 2 aromatic carbocycles. The van der Waals surface area contributed by atoms with Crippen LogP contribution in [0.2, 0.25) is 5.02 Å². The zero-order valence-corrected chi connectivity index (χ0v) is 16.6. The topological polar surface area (TPSA) is 51.2 Å². The molecule has 0 aliphatic heterocycles.